The van der Waals surface area contributed by atoms with Crippen molar-refractivity contribution in [2.24, 2.45) is 7.05 Å². The number of ether oxygens (including phenoxy) is 1. The molecule has 1 aliphatic rings. The molecule has 0 atom stereocenters. The van der Waals surface area contributed by atoms with E-state index in [0.717, 1.165) is 11.4 Å². The van der Waals surface area contributed by atoms with Gasteiger partial charge in [-0.3, -0.25) is 0 Å². The summed E-state index contributed by atoms with van der Waals surface area (Å²) in [6, 6.07) is 9.71. The average Bonchev–Trinajstić information content (AvgIpc) is 3.01. The van der Waals surface area contributed by atoms with Gasteiger partial charge in [-0.2, -0.15) is 0 Å². The first kappa shape index (κ1) is 19.0. The third-order valence-corrected chi connectivity index (χ3v) is 5.10. The highest BCUT2D eigenvalue weighted by molar-refractivity contribution is 7.99. The van der Waals surface area contributed by atoms with Crippen molar-refractivity contribution >= 4 is 23.8 Å². The number of benzene rings is 1. The molecule has 1 aliphatic heterocycles. The summed E-state index contributed by atoms with van der Waals surface area (Å²) in [5.74, 6) is 0.805. The molecular formula is C18H21N5O3S. The summed E-state index contributed by atoms with van der Waals surface area (Å²) in [5.41, 5.74) is 2.12. The Morgan fingerprint density at radius 3 is 2.81 bits per heavy atom. The van der Waals surface area contributed by atoms with Crippen LogP contribution in [0.15, 0.2) is 46.8 Å². The topological polar surface area (TPSA) is 98.1 Å². The number of urea groups is 1. The van der Waals surface area contributed by atoms with Crippen molar-refractivity contribution < 1.29 is 14.3 Å². The van der Waals surface area contributed by atoms with Crippen molar-refractivity contribution in [3.05, 3.63) is 53.0 Å². The molecular weight excluding hydrogens is 366 g/mol. The highest BCUT2D eigenvalue weighted by Gasteiger charge is 2.24. The Balaban J connectivity index is 1.71. The van der Waals surface area contributed by atoms with Crippen molar-refractivity contribution in [1.29, 1.82) is 0 Å². The van der Waals surface area contributed by atoms with E-state index in [1.165, 1.54) is 11.8 Å². The highest BCUT2D eigenvalue weighted by atomic mass is 32.2. The number of rotatable bonds is 7. The summed E-state index contributed by atoms with van der Waals surface area (Å²) in [5, 5.41) is 14.5. The third kappa shape index (κ3) is 4.68. The lowest BCUT2D eigenvalue weighted by molar-refractivity contribution is -0.138. The van der Waals surface area contributed by atoms with E-state index in [2.05, 4.69) is 20.8 Å². The number of nitrogens with zero attached hydrogens (tertiary/aromatic N) is 3. The second kappa shape index (κ2) is 8.72. The largest absolute Gasteiger partial charge is 0.463 e. The van der Waals surface area contributed by atoms with Gasteiger partial charge in [0.1, 0.15) is 5.82 Å². The molecule has 27 heavy (non-hydrogen) atoms. The number of carbonyl (C=O) groups is 2. The van der Waals surface area contributed by atoms with Crippen molar-refractivity contribution in [2.45, 2.75) is 18.5 Å². The second-order valence-corrected chi connectivity index (χ2v) is 6.84. The third-order valence-electron chi connectivity index (χ3n) is 4.05. The molecule has 3 rings (SSSR count). The van der Waals surface area contributed by atoms with Crippen molar-refractivity contribution in [2.75, 3.05) is 18.9 Å². The van der Waals surface area contributed by atoms with Gasteiger partial charge in [0.15, 0.2) is 5.16 Å². The second-order valence-electron chi connectivity index (χ2n) is 5.89. The number of hydrogen-bond acceptors (Lipinski definition) is 6. The fourth-order valence-electron chi connectivity index (χ4n) is 2.61. The van der Waals surface area contributed by atoms with Gasteiger partial charge in [0.25, 0.3) is 0 Å². The Morgan fingerprint density at radius 2 is 2.07 bits per heavy atom. The molecule has 9 heteroatoms. The molecule has 0 saturated carbocycles. The fraction of sp³-hybridized carbons (Fsp3) is 0.333. The van der Waals surface area contributed by atoms with Gasteiger partial charge < -0.3 is 19.9 Å². The Labute approximate surface area is 161 Å². The molecule has 0 spiro atoms. The van der Waals surface area contributed by atoms with Crippen LogP contribution in [0.5, 0.6) is 0 Å². The summed E-state index contributed by atoms with van der Waals surface area (Å²) in [4.78, 5) is 23.7. The molecule has 0 fully saturated rings. The van der Waals surface area contributed by atoms with Crippen molar-refractivity contribution in [3.63, 3.8) is 0 Å². The van der Waals surface area contributed by atoms with Crippen LogP contribution in [-0.2, 0) is 23.0 Å². The van der Waals surface area contributed by atoms with Gasteiger partial charge in [-0.25, -0.2) is 9.59 Å². The molecule has 2 aromatic rings. The number of aromatic nitrogens is 3. The smallest absolute Gasteiger partial charge is 0.337 e. The van der Waals surface area contributed by atoms with Crippen LogP contribution in [0.2, 0.25) is 0 Å². The molecule has 0 saturated heterocycles. The van der Waals surface area contributed by atoms with E-state index in [9.17, 15) is 9.59 Å². The first-order valence-corrected chi connectivity index (χ1v) is 9.56. The van der Waals surface area contributed by atoms with Crippen LogP contribution in [0.3, 0.4) is 0 Å². The minimum absolute atomic E-state index is 0.151. The Morgan fingerprint density at radius 1 is 1.30 bits per heavy atom. The summed E-state index contributed by atoms with van der Waals surface area (Å²) in [7, 11) is 1.91. The number of nitrogens with one attached hydrogen (secondary N) is 2. The standard InChI is InChI=1S/C18H21N5O3S/c1-3-26-16(24)13-10-19-17(25)20-14(13)11-27-18-22-21-15(23(18)2)9-12-7-5-4-6-8-12/h4-8H,3,9-11H2,1-2H3,(H2,19,20,25). The van der Waals surface area contributed by atoms with Crippen LogP contribution in [-0.4, -0.2) is 45.7 Å². The van der Waals surface area contributed by atoms with E-state index < -0.39 is 5.97 Å². The van der Waals surface area contributed by atoms with Gasteiger partial charge in [0.2, 0.25) is 0 Å². The monoisotopic (exact) mass is 387 g/mol. The lowest BCUT2D eigenvalue weighted by atomic mass is 10.1. The summed E-state index contributed by atoms with van der Waals surface area (Å²) in [6.07, 6.45) is 0.683. The van der Waals surface area contributed by atoms with E-state index in [1.54, 1.807) is 6.92 Å². The van der Waals surface area contributed by atoms with E-state index >= 15 is 0 Å². The van der Waals surface area contributed by atoms with Gasteiger partial charge in [0.05, 0.1) is 18.7 Å². The molecule has 0 aliphatic carbocycles. The number of esters is 1. The number of amides is 2. The van der Waals surface area contributed by atoms with Gasteiger partial charge in [-0.1, -0.05) is 42.1 Å². The highest BCUT2D eigenvalue weighted by Crippen LogP contribution is 2.21. The number of carbonyl (C=O) groups excluding carboxylic acids is 2. The molecule has 2 N–H and O–H groups in total. The lowest BCUT2D eigenvalue weighted by Gasteiger charge is -2.20. The van der Waals surface area contributed by atoms with Crippen LogP contribution in [0.4, 0.5) is 4.79 Å². The zero-order valence-corrected chi connectivity index (χ0v) is 16.0. The summed E-state index contributed by atoms with van der Waals surface area (Å²) >= 11 is 1.41. The minimum Gasteiger partial charge on any atom is -0.463 e. The van der Waals surface area contributed by atoms with E-state index in [-0.39, 0.29) is 19.2 Å². The molecule has 1 aromatic carbocycles. The molecule has 0 bridgehead atoms. The van der Waals surface area contributed by atoms with Gasteiger partial charge in [-0.15, -0.1) is 10.2 Å². The first-order valence-electron chi connectivity index (χ1n) is 8.57. The Hall–Kier alpha value is -2.81. The molecule has 2 heterocycles. The average molecular weight is 387 g/mol. The number of hydrogen-bond donors (Lipinski definition) is 2. The summed E-state index contributed by atoms with van der Waals surface area (Å²) < 4.78 is 6.98. The normalized spacial score (nSPS) is 13.9. The Kier molecular flexibility index (Phi) is 6.12. The zero-order chi connectivity index (χ0) is 19.2. The first-order chi connectivity index (χ1) is 13.1. The molecule has 1 aromatic heterocycles. The molecule has 0 unspecified atom stereocenters. The van der Waals surface area contributed by atoms with Crippen LogP contribution in [0.1, 0.15) is 18.3 Å². The molecule has 142 valence electrons. The van der Waals surface area contributed by atoms with Crippen LogP contribution in [0, 0.1) is 0 Å². The zero-order valence-electron chi connectivity index (χ0n) is 15.2. The van der Waals surface area contributed by atoms with E-state index in [0.29, 0.717) is 28.6 Å². The minimum atomic E-state index is -0.427. The maximum atomic E-state index is 12.1. The predicted molar refractivity (Wildman–Crippen MR) is 101 cm³/mol. The lowest BCUT2D eigenvalue weighted by Crippen LogP contribution is -2.44. The van der Waals surface area contributed by atoms with Crippen LogP contribution < -0.4 is 10.6 Å². The van der Waals surface area contributed by atoms with E-state index in [1.807, 2.05) is 41.9 Å². The molecule has 0 radical (unpaired) electrons. The van der Waals surface area contributed by atoms with Crippen LogP contribution >= 0.6 is 11.8 Å². The maximum Gasteiger partial charge on any atom is 0.337 e. The quantitative estimate of drug-likeness (QED) is 0.553. The Bertz CT molecular complexity index is 863. The van der Waals surface area contributed by atoms with Crippen molar-refractivity contribution in [1.82, 2.24) is 25.4 Å². The van der Waals surface area contributed by atoms with Crippen molar-refractivity contribution in [3.8, 4) is 0 Å². The van der Waals surface area contributed by atoms with Gasteiger partial charge in [-0.05, 0) is 12.5 Å². The fourth-order valence-corrected chi connectivity index (χ4v) is 3.53. The van der Waals surface area contributed by atoms with Gasteiger partial charge >= 0.3 is 12.0 Å². The van der Waals surface area contributed by atoms with Crippen LogP contribution in [0.25, 0.3) is 0 Å². The SMILES string of the molecule is CCOC(=O)C1=C(CSc2nnc(Cc3ccccc3)n2C)NC(=O)NC1. The summed E-state index contributed by atoms with van der Waals surface area (Å²) in [6.45, 7) is 2.18. The number of thioether (sulfide) groups is 1. The van der Waals surface area contributed by atoms with Gasteiger partial charge in [0, 0.05) is 24.9 Å². The predicted octanol–water partition coefficient (Wildman–Crippen LogP) is 1.63. The maximum absolute atomic E-state index is 12.1. The molecule has 8 nitrogen and oxygen atoms in total. The molecule has 2 amide bonds. The van der Waals surface area contributed by atoms with E-state index in [4.69, 9.17) is 4.74 Å².